The first kappa shape index (κ1) is 19.4. The van der Waals surface area contributed by atoms with Crippen LogP contribution in [-0.4, -0.2) is 29.9 Å². The minimum Gasteiger partial charge on any atom is -0.473 e. The fourth-order valence-electron chi connectivity index (χ4n) is 2.20. The predicted molar refractivity (Wildman–Crippen MR) is 104 cm³/mol. The van der Waals surface area contributed by atoms with Crippen molar-refractivity contribution >= 4 is 17.5 Å². The van der Waals surface area contributed by atoms with E-state index in [-0.39, 0.29) is 6.73 Å². The zero-order valence-electron chi connectivity index (χ0n) is 15.6. The number of carbonyl (C=O) groups is 1. The molecule has 0 radical (unpaired) electrons. The maximum Gasteiger partial charge on any atom is 0.412 e. The third kappa shape index (κ3) is 6.55. The lowest BCUT2D eigenvalue weighted by Crippen LogP contribution is -2.40. The van der Waals surface area contributed by atoms with E-state index in [9.17, 15) is 4.79 Å². The van der Waals surface area contributed by atoms with Crippen LogP contribution in [0.2, 0.25) is 0 Å². The van der Waals surface area contributed by atoms with Crippen LogP contribution < -0.4 is 16.2 Å². The summed E-state index contributed by atoms with van der Waals surface area (Å²) in [6.07, 6.45) is 0.258. The summed E-state index contributed by atoms with van der Waals surface area (Å²) in [6, 6.07) is 14.6. The second-order valence-electron chi connectivity index (χ2n) is 7.08. The molecule has 2 aromatic carbocycles. The first-order chi connectivity index (χ1) is 12.2. The van der Waals surface area contributed by atoms with Crippen molar-refractivity contribution in [2.24, 2.45) is 0 Å². The Morgan fingerprint density at radius 1 is 0.962 bits per heavy atom. The van der Waals surface area contributed by atoms with Crippen LogP contribution in [0.15, 0.2) is 48.5 Å². The van der Waals surface area contributed by atoms with E-state index in [1.165, 1.54) is 4.90 Å². The van der Waals surface area contributed by atoms with Crippen LogP contribution in [0, 0.1) is 0 Å². The van der Waals surface area contributed by atoms with Gasteiger partial charge in [0.2, 0.25) is 0 Å². The van der Waals surface area contributed by atoms with Crippen LogP contribution in [0.25, 0.3) is 0 Å². The number of anilines is 2. The van der Waals surface area contributed by atoms with Gasteiger partial charge in [-0.15, -0.1) is 0 Å². The third-order valence-corrected chi connectivity index (χ3v) is 3.57. The Labute approximate surface area is 154 Å². The molecular weight excluding hydrogens is 330 g/mol. The normalized spacial score (nSPS) is 11.0. The first-order valence-corrected chi connectivity index (χ1v) is 8.53. The number of carbonyl (C=O) groups excluding carboxylic acids is 1. The van der Waals surface area contributed by atoms with Crippen LogP contribution in [0.3, 0.4) is 0 Å². The van der Waals surface area contributed by atoms with Crippen molar-refractivity contribution < 1.29 is 14.3 Å². The summed E-state index contributed by atoms with van der Waals surface area (Å²) in [6.45, 7) is 6.07. The van der Waals surface area contributed by atoms with Gasteiger partial charge in [0.15, 0.2) is 6.73 Å². The smallest absolute Gasteiger partial charge is 0.412 e. The Bertz CT molecular complexity index is 657. The molecule has 4 N–H and O–H groups in total. The van der Waals surface area contributed by atoms with Crippen molar-refractivity contribution in [1.29, 1.82) is 0 Å². The highest BCUT2D eigenvalue weighted by Gasteiger charge is 2.22. The Balaban J connectivity index is 2.01. The minimum atomic E-state index is -0.572. The van der Waals surface area contributed by atoms with Crippen LogP contribution in [0.1, 0.15) is 26.3 Å². The molecule has 26 heavy (non-hydrogen) atoms. The first-order valence-electron chi connectivity index (χ1n) is 8.53. The lowest BCUT2D eigenvalue weighted by atomic mass is 10.1. The highest BCUT2D eigenvalue weighted by atomic mass is 16.6. The number of rotatable bonds is 6. The number of nitrogen functional groups attached to an aromatic ring is 2. The average Bonchev–Trinajstić information content (AvgIpc) is 2.56. The Kier molecular flexibility index (Phi) is 6.33. The van der Waals surface area contributed by atoms with E-state index in [4.69, 9.17) is 20.9 Å². The van der Waals surface area contributed by atoms with Crippen molar-refractivity contribution in [2.75, 3.05) is 24.7 Å². The number of hydrogen-bond acceptors (Lipinski definition) is 5. The number of amides is 1. The molecular formula is C20H27N3O3. The molecule has 0 aromatic heterocycles. The average molecular weight is 357 g/mol. The van der Waals surface area contributed by atoms with E-state index in [0.717, 1.165) is 5.56 Å². The van der Waals surface area contributed by atoms with Crippen LogP contribution >= 0.6 is 0 Å². The minimum absolute atomic E-state index is 0.0911. The highest BCUT2D eigenvalue weighted by molar-refractivity contribution is 5.68. The van der Waals surface area contributed by atoms with E-state index in [1.807, 2.05) is 45.0 Å². The van der Waals surface area contributed by atoms with Crippen LogP contribution in [0.4, 0.5) is 16.2 Å². The van der Waals surface area contributed by atoms with Gasteiger partial charge in [-0.1, -0.05) is 12.1 Å². The number of nitrogens with zero attached hydrogens (tertiary/aromatic N) is 1. The maximum atomic E-state index is 12.5. The standard InChI is InChI=1S/C20H27N3O3/c1-20(2,3)26-19(24)23(13-12-15-4-6-16(21)7-5-15)14-25-18-10-8-17(22)9-11-18/h4-11H,12-14,21-22H2,1-3H3. The van der Waals surface area contributed by atoms with E-state index in [2.05, 4.69) is 0 Å². The number of ether oxygens (including phenoxy) is 2. The Morgan fingerprint density at radius 3 is 2.04 bits per heavy atom. The quantitative estimate of drug-likeness (QED) is 0.608. The van der Waals surface area contributed by atoms with E-state index in [1.54, 1.807) is 24.3 Å². The molecule has 0 unspecified atom stereocenters. The molecule has 0 heterocycles. The lowest BCUT2D eigenvalue weighted by Gasteiger charge is -2.27. The summed E-state index contributed by atoms with van der Waals surface area (Å²) < 4.78 is 11.2. The van der Waals surface area contributed by atoms with Gasteiger partial charge in [-0.25, -0.2) is 4.79 Å². The highest BCUT2D eigenvalue weighted by Crippen LogP contribution is 2.15. The molecule has 0 aliphatic rings. The zero-order chi connectivity index (χ0) is 19.2. The summed E-state index contributed by atoms with van der Waals surface area (Å²) >= 11 is 0. The SMILES string of the molecule is CC(C)(C)OC(=O)N(CCc1ccc(N)cc1)COc1ccc(N)cc1. The molecule has 0 saturated heterocycles. The number of nitrogens with two attached hydrogens (primary N) is 2. The van der Waals surface area contributed by atoms with Gasteiger partial charge in [-0.3, -0.25) is 4.90 Å². The predicted octanol–water partition coefficient (Wildman–Crippen LogP) is 3.67. The third-order valence-electron chi connectivity index (χ3n) is 3.57. The second-order valence-corrected chi connectivity index (χ2v) is 7.08. The van der Waals surface area contributed by atoms with Gasteiger partial charge in [0.25, 0.3) is 0 Å². The largest absolute Gasteiger partial charge is 0.473 e. The molecule has 140 valence electrons. The van der Waals surface area contributed by atoms with Crippen molar-refractivity contribution in [3.8, 4) is 5.75 Å². The Morgan fingerprint density at radius 2 is 1.50 bits per heavy atom. The summed E-state index contributed by atoms with van der Waals surface area (Å²) in [5, 5.41) is 0. The molecule has 0 atom stereocenters. The van der Waals surface area contributed by atoms with Gasteiger partial charge in [-0.2, -0.15) is 0 Å². The Hall–Kier alpha value is -2.89. The van der Waals surface area contributed by atoms with Crippen molar-refractivity contribution in [3.63, 3.8) is 0 Å². The monoisotopic (exact) mass is 357 g/mol. The summed E-state index contributed by atoms with van der Waals surface area (Å²) in [5.41, 5.74) is 13.3. The van der Waals surface area contributed by atoms with E-state index in [0.29, 0.717) is 30.1 Å². The van der Waals surface area contributed by atoms with Gasteiger partial charge in [-0.05, 0) is 69.2 Å². The van der Waals surface area contributed by atoms with E-state index >= 15 is 0 Å². The van der Waals surface area contributed by atoms with E-state index < -0.39 is 11.7 Å². The van der Waals surface area contributed by atoms with Crippen LogP contribution in [-0.2, 0) is 11.2 Å². The molecule has 6 nitrogen and oxygen atoms in total. The number of hydrogen-bond donors (Lipinski definition) is 2. The molecule has 2 aromatic rings. The topological polar surface area (TPSA) is 90.8 Å². The van der Waals surface area contributed by atoms with Gasteiger partial charge in [0, 0.05) is 17.9 Å². The zero-order valence-corrected chi connectivity index (χ0v) is 15.6. The lowest BCUT2D eigenvalue weighted by molar-refractivity contribution is 0.0102. The van der Waals surface area contributed by atoms with Gasteiger partial charge < -0.3 is 20.9 Å². The van der Waals surface area contributed by atoms with Crippen LogP contribution in [0.5, 0.6) is 5.75 Å². The van der Waals surface area contributed by atoms with Gasteiger partial charge >= 0.3 is 6.09 Å². The van der Waals surface area contributed by atoms with Crippen molar-refractivity contribution in [2.45, 2.75) is 32.8 Å². The summed E-state index contributed by atoms with van der Waals surface area (Å²) in [5.74, 6) is 0.639. The van der Waals surface area contributed by atoms with Crippen molar-refractivity contribution in [1.82, 2.24) is 4.90 Å². The number of benzene rings is 2. The molecule has 0 aliphatic carbocycles. The van der Waals surface area contributed by atoms with Gasteiger partial charge in [0.05, 0.1) is 0 Å². The fraction of sp³-hybridized carbons (Fsp3) is 0.350. The molecule has 0 fully saturated rings. The molecule has 0 saturated carbocycles. The van der Waals surface area contributed by atoms with Gasteiger partial charge in [0.1, 0.15) is 11.4 Å². The molecule has 0 aliphatic heterocycles. The molecule has 1 amide bonds. The second kappa shape index (κ2) is 8.47. The summed E-state index contributed by atoms with van der Waals surface area (Å²) in [7, 11) is 0. The molecule has 0 bridgehead atoms. The maximum absolute atomic E-state index is 12.5. The molecule has 0 spiro atoms. The molecule has 2 rings (SSSR count). The molecule has 6 heteroatoms. The fourth-order valence-corrected chi connectivity index (χ4v) is 2.20. The van der Waals surface area contributed by atoms with Crippen molar-refractivity contribution in [3.05, 3.63) is 54.1 Å². The summed E-state index contributed by atoms with van der Waals surface area (Å²) in [4.78, 5) is 14.0.